The zero-order chi connectivity index (χ0) is 15.4. The lowest BCUT2D eigenvalue weighted by Gasteiger charge is -2.06. The molecule has 2 aliphatic rings. The van der Waals surface area contributed by atoms with Crippen molar-refractivity contribution in [1.29, 1.82) is 0 Å². The molecule has 2 nitrogen and oxygen atoms in total. The third-order valence-corrected chi connectivity index (χ3v) is 4.50. The first-order valence-corrected chi connectivity index (χ1v) is 7.59. The van der Waals surface area contributed by atoms with Gasteiger partial charge in [-0.05, 0) is 28.3 Å². The molecule has 0 amide bonds. The average molecular weight is 296 g/mol. The Kier molecular flexibility index (Phi) is 2.39. The second-order valence-electron chi connectivity index (χ2n) is 5.73. The molecule has 1 aliphatic heterocycles. The Morgan fingerprint density at radius 1 is 0.522 bits per heavy atom. The van der Waals surface area contributed by atoms with Crippen molar-refractivity contribution in [3.63, 3.8) is 0 Å². The summed E-state index contributed by atoms with van der Waals surface area (Å²) in [5.41, 5.74) is 7.04. The number of esters is 1. The molecule has 3 aromatic rings. The van der Waals surface area contributed by atoms with Gasteiger partial charge >= 0.3 is 5.97 Å². The van der Waals surface area contributed by atoms with Crippen LogP contribution in [0.1, 0.15) is 16.7 Å². The van der Waals surface area contributed by atoms with Crippen LogP contribution in [0.2, 0.25) is 0 Å². The van der Waals surface area contributed by atoms with E-state index in [2.05, 4.69) is 24.3 Å². The molecule has 0 atom stereocenters. The smallest absolute Gasteiger partial charge is 0.344 e. The summed E-state index contributed by atoms with van der Waals surface area (Å²) in [6.45, 7) is 0. The lowest BCUT2D eigenvalue weighted by Crippen LogP contribution is -2.03. The van der Waals surface area contributed by atoms with E-state index in [4.69, 9.17) is 4.74 Å². The average Bonchev–Trinajstić information content (AvgIpc) is 3.09. The van der Waals surface area contributed by atoms with Gasteiger partial charge in [-0.15, -0.1) is 0 Å². The SMILES string of the molecule is O=C1Oc2ccccc2C1=C1c2ccccc2-c2ccccc21. The lowest BCUT2D eigenvalue weighted by molar-refractivity contribution is -0.126. The molecule has 2 heteroatoms. The number of carbonyl (C=O) groups excluding carboxylic acids is 1. The van der Waals surface area contributed by atoms with Gasteiger partial charge < -0.3 is 4.74 Å². The predicted octanol–water partition coefficient (Wildman–Crippen LogP) is 4.55. The quantitative estimate of drug-likeness (QED) is 0.270. The van der Waals surface area contributed by atoms with Crippen molar-refractivity contribution in [2.45, 2.75) is 0 Å². The van der Waals surface area contributed by atoms with E-state index in [-0.39, 0.29) is 5.97 Å². The van der Waals surface area contributed by atoms with E-state index in [0.717, 1.165) is 22.3 Å². The van der Waals surface area contributed by atoms with E-state index in [1.807, 2.05) is 48.5 Å². The highest BCUT2D eigenvalue weighted by molar-refractivity contribution is 6.32. The number of hydrogen-bond acceptors (Lipinski definition) is 2. The molecule has 0 N–H and O–H groups in total. The molecule has 0 saturated carbocycles. The monoisotopic (exact) mass is 296 g/mol. The topological polar surface area (TPSA) is 26.3 Å². The largest absolute Gasteiger partial charge is 0.422 e. The normalized spacial score (nSPS) is 14.3. The summed E-state index contributed by atoms with van der Waals surface area (Å²) in [6, 6.07) is 24.1. The highest BCUT2D eigenvalue weighted by Gasteiger charge is 2.34. The van der Waals surface area contributed by atoms with Crippen LogP contribution in [-0.2, 0) is 4.79 Å². The number of para-hydroxylation sites is 1. The van der Waals surface area contributed by atoms with E-state index in [9.17, 15) is 4.79 Å². The van der Waals surface area contributed by atoms with Gasteiger partial charge in [0.25, 0.3) is 0 Å². The summed E-state index contributed by atoms with van der Waals surface area (Å²) in [5.74, 6) is 0.370. The van der Waals surface area contributed by atoms with Crippen LogP contribution in [0.5, 0.6) is 5.75 Å². The van der Waals surface area contributed by atoms with Crippen LogP contribution < -0.4 is 4.74 Å². The van der Waals surface area contributed by atoms with Crippen LogP contribution in [0.15, 0.2) is 72.8 Å². The van der Waals surface area contributed by atoms with Crippen molar-refractivity contribution >= 4 is 17.1 Å². The molecule has 0 bridgehead atoms. The van der Waals surface area contributed by atoms with Gasteiger partial charge in [0.05, 0.1) is 5.57 Å². The maximum Gasteiger partial charge on any atom is 0.344 e. The zero-order valence-corrected chi connectivity index (χ0v) is 12.2. The second kappa shape index (κ2) is 4.43. The fourth-order valence-corrected chi connectivity index (χ4v) is 3.55. The number of carbonyl (C=O) groups is 1. The minimum atomic E-state index is -0.271. The molecule has 0 spiro atoms. The van der Waals surface area contributed by atoms with E-state index in [0.29, 0.717) is 11.3 Å². The molecule has 108 valence electrons. The second-order valence-corrected chi connectivity index (χ2v) is 5.73. The molecule has 0 unspecified atom stereocenters. The van der Waals surface area contributed by atoms with Crippen molar-refractivity contribution in [3.8, 4) is 16.9 Å². The van der Waals surface area contributed by atoms with Gasteiger partial charge in [-0.25, -0.2) is 4.79 Å². The first-order chi connectivity index (χ1) is 11.3. The summed E-state index contributed by atoms with van der Waals surface area (Å²) >= 11 is 0. The summed E-state index contributed by atoms with van der Waals surface area (Å²) in [6.07, 6.45) is 0. The molecule has 0 fully saturated rings. The highest BCUT2D eigenvalue weighted by atomic mass is 16.5. The maximum atomic E-state index is 12.6. The van der Waals surface area contributed by atoms with Gasteiger partial charge in [-0.1, -0.05) is 66.7 Å². The predicted molar refractivity (Wildman–Crippen MR) is 89.9 cm³/mol. The standard InChI is InChI=1S/C21H12O2/c22-21-20(17-11-5-6-12-18(17)23-21)19-15-9-3-1-7-13(15)14-8-2-4-10-16(14)19/h1-12H. The van der Waals surface area contributed by atoms with Crippen LogP contribution in [0.25, 0.3) is 22.3 Å². The fraction of sp³-hybridized carbons (Fsp3) is 0. The zero-order valence-electron chi connectivity index (χ0n) is 12.2. The Hall–Kier alpha value is -3.13. The van der Waals surface area contributed by atoms with Crippen LogP contribution in [0.4, 0.5) is 0 Å². The van der Waals surface area contributed by atoms with Crippen molar-refractivity contribution in [2.75, 3.05) is 0 Å². The molecular weight excluding hydrogens is 284 g/mol. The molecule has 23 heavy (non-hydrogen) atoms. The Morgan fingerprint density at radius 2 is 1.00 bits per heavy atom. The van der Waals surface area contributed by atoms with Gasteiger partial charge in [0.15, 0.2) is 0 Å². The minimum Gasteiger partial charge on any atom is -0.422 e. The molecular formula is C21H12O2. The van der Waals surface area contributed by atoms with Crippen molar-refractivity contribution < 1.29 is 9.53 Å². The highest BCUT2D eigenvalue weighted by Crippen LogP contribution is 2.49. The fourth-order valence-electron chi connectivity index (χ4n) is 3.55. The maximum absolute atomic E-state index is 12.6. The first-order valence-electron chi connectivity index (χ1n) is 7.59. The molecule has 0 saturated heterocycles. The van der Waals surface area contributed by atoms with Crippen LogP contribution in [0, 0.1) is 0 Å². The number of ether oxygens (including phenoxy) is 1. The minimum absolute atomic E-state index is 0.271. The van der Waals surface area contributed by atoms with Crippen LogP contribution >= 0.6 is 0 Å². The molecule has 0 aromatic heterocycles. The molecule has 1 heterocycles. The van der Waals surface area contributed by atoms with Crippen molar-refractivity contribution in [2.24, 2.45) is 0 Å². The summed E-state index contributed by atoms with van der Waals surface area (Å²) in [7, 11) is 0. The van der Waals surface area contributed by atoms with Gasteiger partial charge in [-0.2, -0.15) is 0 Å². The van der Waals surface area contributed by atoms with Crippen LogP contribution in [0.3, 0.4) is 0 Å². The Morgan fingerprint density at radius 3 is 1.61 bits per heavy atom. The third-order valence-electron chi connectivity index (χ3n) is 4.50. The van der Waals surface area contributed by atoms with Gasteiger partial charge in [0, 0.05) is 11.1 Å². The number of hydrogen-bond donors (Lipinski definition) is 0. The molecule has 3 aromatic carbocycles. The van der Waals surface area contributed by atoms with E-state index < -0.39 is 0 Å². The van der Waals surface area contributed by atoms with E-state index >= 15 is 0 Å². The summed E-state index contributed by atoms with van der Waals surface area (Å²) < 4.78 is 5.47. The first kappa shape index (κ1) is 12.4. The summed E-state index contributed by atoms with van der Waals surface area (Å²) in [4.78, 5) is 12.6. The number of fused-ring (bicyclic) bond motifs is 4. The Labute approximate surface area is 133 Å². The molecule has 1 aliphatic carbocycles. The Balaban J connectivity index is 1.93. The van der Waals surface area contributed by atoms with Gasteiger partial charge in [0.2, 0.25) is 0 Å². The lowest BCUT2D eigenvalue weighted by atomic mass is 9.94. The van der Waals surface area contributed by atoms with Crippen molar-refractivity contribution in [1.82, 2.24) is 0 Å². The summed E-state index contributed by atoms with van der Waals surface area (Å²) in [5, 5.41) is 0. The van der Waals surface area contributed by atoms with E-state index in [1.54, 1.807) is 0 Å². The molecule has 0 radical (unpaired) electrons. The Bertz CT molecular complexity index is 964. The van der Waals surface area contributed by atoms with Gasteiger partial charge in [-0.3, -0.25) is 0 Å². The number of rotatable bonds is 0. The van der Waals surface area contributed by atoms with Crippen molar-refractivity contribution in [3.05, 3.63) is 89.5 Å². The molecule has 5 rings (SSSR count). The van der Waals surface area contributed by atoms with Gasteiger partial charge in [0.1, 0.15) is 5.75 Å². The van der Waals surface area contributed by atoms with Crippen LogP contribution in [-0.4, -0.2) is 5.97 Å². The number of benzene rings is 3. The van der Waals surface area contributed by atoms with E-state index in [1.165, 1.54) is 11.1 Å². The third kappa shape index (κ3) is 1.60.